The van der Waals surface area contributed by atoms with Crippen molar-refractivity contribution >= 4 is 28.4 Å². The van der Waals surface area contributed by atoms with E-state index in [1.807, 2.05) is 11.8 Å². The fraction of sp³-hybridized carbons (Fsp3) is 0.579. The molecule has 1 aliphatic carbocycles. The number of amides is 1. The van der Waals surface area contributed by atoms with E-state index >= 15 is 0 Å². The van der Waals surface area contributed by atoms with Gasteiger partial charge in [0.1, 0.15) is 11.9 Å². The molecular weight excluding hydrogens is 357 g/mol. The van der Waals surface area contributed by atoms with E-state index in [0.29, 0.717) is 18.6 Å². The molecule has 3 heterocycles. The molecule has 0 bridgehead atoms. The molecule has 5 nitrogen and oxygen atoms in total. The molecule has 2 atom stereocenters. The second-order valence-corrected chi connectivity index (χ2v) is 8.49. The molecule has 0 spiro atoms. The first-order chi connectivity index (χ1) is 12.4. The zero-order chi connectivity index (χ0) is 18.2. The summed E-state index contributed by atoms with van der Waals surface area (Å²) in [6.45, 7) is 3.32. The quantitative estimate of drug-likeness (QED) is 0.874. The number of hydrogen-bond acceptors (Lipinski definition) is 3. The maximum Gasteiger partial charge on any atom is 0.225 e. The average molecular weight is 378 g/mol. The van der Waals surface area contributed by atoms with Crippen LogP contribution in [0.2, 0.25) is 5.02 Å². The molecule has 3 aliphatic rings. The highest BCUT2D eigenvalue weighted by molar-refractivity contribution is 6.31. The number of benzene rings is 1. The summed E-state index contributed by atoms with van der Waals surface area (Å²) in [7, 11) is 0. The van der Waals surface area contributed by atoms with Gasteiger partial charge in [-0.05, 0) is 44.6 Å². The Morgan fingerprint density at radius 2 is 2.04 bits per heavy atom. The lowest BCUT2D eigenvalue weighted by Crippen LogP contribution is -2.48. The number of aliphatic hydroxyl groups is 1. The van der Waals surface area contributed by atoms with Crippen molar-refractivity contribution in [1.82, 2.24) is 14.7 Å². The van der Waals surface area contributed by atoms with Crippen LogP contribution < -0.4 is 0 Å². The minimum absolute atomic E-state index is 0.0141. The van der Waals surface area contributed by atoms with Crippen LogP contribution in [0.3, 0.4) is 0 Å². The highest BCUT2D eigenvalue weighted by atomic mass is 35.5. The molecule has 1 amide bonds. The maximum absolute atomic E-state index is 14.7. The molecule has 138 valence electrons. The minimum Gasteiger partial charge on any atom is -0.386 e. The first-order valence-electron chi connectivity index (χ1n) is 9.26. The monoisotopic (exact) mass is 377 g/mol. The SMILES string of the molecule is CC1(C2CCN(C(=O)C3CC3)CC2)[C@H](O)c2c(F)c(Cl)cc3cnn1c23. The summed E-state index contributed by atoms with van der Waals surface area (Å²) in [5, 5.41) is 16.3. The van der Waals surface area contributed by atoms with Gasteiger partial charge in [0.15, 0.2) is 0 Å². The molecule has 1 N–H and O–H groups in total. The largest absolute Gasteiger partial charge is 0.386 e. The van der Waals surface area contributed by atoms with E-state index in [4.69, 9.17) is 11.6 Å². The summed E-state index contributed by atoms with van der Waals surface area (Å²) in [6.07, 6.45) is 4.25. The number of carbonyl (C=O) groups is 1. The van der Waals surface area contributed by atoms with Gasteiger partial charge in [-0.2, -0.15) is 5.10 Å². The van der Waals surface area contributed by atoms with Crippen LogP contribution in [0.25, 0.3) is 10.9 Å². The fourth-order valence-corrected chi connectivity index (χ4v) is 5.08. The topological polar surface area (TPSA) is 58.4 Å². The molecule has 0 radical (unpaired) electrons. The van der Waals surface area contributed by atoms with Crippen LogP contribution in [0.15, 0.2) is 12.3 Å². The number of hydrogen-bond donors (Lipinski definition) is 1. The molecule has 1 unspecified atom stereocenters. The van der Waals surface area contributed by atoms with Crippen molar-refractivity contribution in [2.75, 3.05) is 13.1 Å². The molecule has 5 rings (SSSR count). The van der Waals surface area contributed by atoms with Gasteiger partial charge in [0.2, 0.25) is 5.91 Å². The first kappa shape index (κ1) is 16.5. The lowest BCUT2D eigenvalue weighted by molar-refractivity contribution is -0.135. The second-order valence-electron chi connectivity index (χ2n) is 8.08. The maximum atomic E-state index is 14.7. The Balaban J connectivity index is 1.48. The Morgan fingerprint density at radius 1 is 1.35 bits per heavy atom. The van der Waals surface area contributed by atoms with Gasteiger partial charge >= 0.3 is 0 Å². The van der Waals surface area contributed by atoms with Gasteiger partial charge in [-0.1, -0.05) is 11.6 Å². The van der Waals surface area contributed by atoms with E-state index in [0.717, 1.165) is 31.1 Å². The molecule has 1 saturated carbocycles. The van der Waals surface area contributed by atoms with Crippen molar-refractivity contribution in [2.24, 2.45) is 11.8 Å². The number of rotatable bonds is 2. The van der Waals surface area contributed by atoms with Gasteiger partial charge in [0.25, 0.3) is 0 Å². The molecule has 1 aromatic carbocycles. The van der Waals surface area contributed by atoms with Gasteiger partial charge in [-0.25, -0.2) is 4.39 Å². The summed E-state index contributed by atoms with van der Waals surface area (Å²) in [5.41, 5.74) is 0.159. The van der Waals surface area contributed by atoms with Crippen LogP contribution in [0.5, 0.6) is 0 Å². The predicted molar refractivity (Wildman–Crippen MR) is 95.3 cm³/mol. The van der Waals surface area contributed by atoms with Crippen LogP contribution >= 0.6 is 11.6 Å². The van der Waals surface area contributed by atoms with Crippen molar-refractivity contribution in [3.05, 3.63) is 28.7 Å². The molecule has 7 heteroatoms. The van der Waals surface area contributed by atoms with E-state index < -0.39 is 17.5 Å². The van der Waals surface area contributed by atoms with Gasteiger partial charge in [-0.15, -0.1) is 0 Å². The van der Waals surface area contributed by atoms with Crippen molar-refractivity contribution < 1.29 is 14.3 Å². The van der Waals surface area contributed by atoms with E-state index in [-0.39, 0.29) is 28.3 Å². The molecule has 1 aromatic heterocycles. The molecular formula is C19H21ClFN3O2. The smallest absolute Gasteiger partial charge is 0.225 e. The minimum atomic E-state index is -0.997. The van der Waals surface area contributed by atoms with Crippen LogP contribution in [-0.4, -0.2) is 38.8 Å². The van der Waals surface area contributed by atoms with Gasteiger partial charge in [-0.3, -0.25) is 9.48 Å². The van der Waals surface area contributed by atoms with Crippen molar-refractivity contribution in [2.45, 2.75) is 44.2 Å². The van der Waals surface area contributed by atoms with Gasteiger partial charge < -0.3 is 10.0 Å². The molecule has 2 aromatic rings. The normalized spacial score (nSPS) is 28.9. The molecule has 1 saturated heterocycles. The highest BCUT2D eigenvalue weighted by Gasteiger charge is 2.52. The Morgan fingerprint density at radius 3 is 2.69 bits per heavy atom. The second kappa shape index (κ2) is 5.42. The van der Waals surface area contributed by atoms with Crippen LogP contribution in [0, 0.1) is 17.7 Å². The zero-order valence-electron chi connectivity index (χ0n) is 14.6. The van der Waals surface area contributed by atoms with Gasteiger partial charge in [0.05, 0.1) is 22.3 Å². The average Bonchev–Trinajstić information content (AvgIpc) is 3.37. The number of aromatic nitrogens is 2. The van der Waals surface area contributed by atoms with Crippen molar-refractivity contribution in [1.29, 1.82) is 0 Å². The van der Waals surface area contributed by atoms with E-state index in [9.17, 15) is 14.3 Å². The lowest BCUT2D eigenvalue weighted by Gasteiger charge is -2.43. The summed E-state index contributed by atoms with van der Waals surface area (Å²) < 4.78 is 16.5. The van der Waals surface area contributed by atoms with Gasteiger partial charge in [0, 0.05) is 30.0 Å². The molecule has 2 aliphatic heterocycles. The first-order valence-corrected chi connectivity index (χ1v) is 9.63. The summed E-state index contributed by atoms with van der Waals surface area (Å²) in [6, 6.07) is 1.56. The molecule has 2 fully saturated rings. The summed E-state index contributed by atoms with van der Waals surface area (Å²) >= 11 is 6.02. The van der Waals surface area contributed by atoms with Crippen molar-refractivity contribution in [3.8, 4) is 0 Å². The van der Waals surface area contributed by atoms with E-state index in [1.54, 1.807) is 16.9 Å². The van der Waals surface area contributed by atoms with E-state index in [1.165, 1.54) is 0 Å². The van der Waals surface area contributed by atoms with E-state index in [2.05, 4.69) is 5.10 Å². The third kappa shape index (κ3) is 2.06. The summed E-state index contributed by atoms with van der Waals surface area (Å²) in [5.74, 6) is 0.0431. The predicted octanol–water partition coefficient (Wildman–Crippen LogP) is 3.24. The number of nitrogens with zero attached hydrogens (tertiary/aromatic N) is 3. The highest BCUT2D eigenvalue weighted by Crippen LogP contribution is 2.52. The Bertz CT molecular complexity index is 917. The lowest BCUT2D eigenvalue weighted by atomic mass is 9.75. The molecule has 26 heavy (non-hydrogen) atoms. The van der Waals surface area contributed by atoms with Crippen LogP contribution in [0.4, 0.5) is 4.39 Å². The van der Waals surface area contributed by atoms with Crippen LogP contribution in [0.1, 0.15) is 44.3 Å². The Kier molecular flexibility index (Phi) is 3.44. The number of aliphatic hydroxyl groups excluding tert-OH is 1. The number of halogens is 2. The Labute approximate surface area is 155 Å². The van der Waals surface area contributed by atoms with Crippen molar-refractivity contribution in [3.63, 3.8) is 0 Å². The Hall–Kier alpha value is -1.66. The summed E-state index contributed by atoms with van der Waals surface area (Å²) in [4.78, 5) is 14.2. The fourth-order valence-electron chi connectivity index (χ4n) is 4.86. The van der Waals surface area contributed by atoms with Crippen LogP contribution in [-0.2, 0) is 10.3 Å². The number of carbonyl (C=O) groups excluding carboxylic acids is 1. The standard InChI is InChI=1S/C19H21ClFN3O2/c1-19(12-4-6-23(7-5-12)18(26)10-2-3-10)17(25)14-15(21)13(20)8-11-9-22-24(19)16(11)14/h8-10,12,17,25H,2-7H2,1H3/t17-,19?/m1/s1. The number of likely N-dealkylation sites (tertiary alicyclic amines) is 1. The zero-order valence-corrected chi connectivity index (χ0v) is 15.3. The third-order valence-corrected chi connectivity index (χ3v) is 6.90. The number of piperidine rings is 1. The third-order valence-electron chi connectivity index (χ3n) is 6.62.